The Morgan fingerprint density at radius 1 is 0.676 bits per heavy atom. The Kier molecular flexibility index (Phi) is 9.27. The molecule has 0 aliphatic rings. The molecule has 4 rings (SSSR count). The number of anilines is 2. The molecule has 2 aromatic heterocycles. The first-order valence-electron chi connectivity index (χ1n) is 13.2. The third kappa shape index (κ3) is 7.58. The van der Waals surface area contributed by atoms with Crippen molar-refractivity contribution < 1.29 is 9.59 Å². The number of carbonyl (C=O) groups excluding carboxylic acids is 2. The minimum absolute atomic E-state index is 0.0128. The molecule has 0 fully saturated rings. The standard InChI is InChI=1S/C29H36N4O2S2/c1-18(2)20-12-14-22-24(16-20)36-28(30-22)32-26(34)10-8-6-5-7-9-11-27(35)33-29-31-23-15-13-21(19(3)4)17-25(23)37-29/h12-19H,5-11H2,1-4H3,(H,30,32,34)(H,31,33,35). The van der Waals surface area contributed by atoms with Crippen molar-refractivity contribution >= 4 is 65.2 Å². The van der Waals surface area contributed by atoms with E-state index in [1.54, 1.807) is 0 Å². The van der Waals surface area contributed by atoms with Crippen molar-refractivity contribution in [3.05, 3.63) is 47.5 Å². The normalized spacial score (nSPS) is 11.6. The fourth-order valence-corrected chi connectivity index (χ4v) is 6.03. The van der Waals surface area contributed by atoms with E-state index in [2.05, 4.69) is 72.6 Å². The molecule has 196 valence electrons. The number of nitrogens with zero attached hydrogens (tertiary/aromatic N) is 2. The van der Waals surface area contributed by atoms with Gasteiger partial charge < -0.3 is 10.6 Å². The second-order valence-corrected chi connectivity index (χ2v) is 12.2. The molecule has 6 nitrogen and oxygen atoms in total. The second kappa shape index (κ2) is 12.6. The molecular formula is C29H36N4O2S2. The van der Waals surface area contributed by atoms with Crippen LogP contribution in [0.5, 0.6) is 0 Å². The van der Waals surface area contributed by atoms with Crippen molar-refractivity contribution in [2.45, 2.75) is 84.5 Å². The average Bonchev–Trinajstić information content (AvgIpc) is 3.44. The highest BCUT2D eigenvalue weighted by molar-refractivity contribution is 7.22. The largest absolute Gasteiger partial charge is 0.302 e. The third-order valence-electron chi connectivity index (χ3n) is 6.46. The van der Waals surface area contributed by atoms with E-state index in [1.165, 1.54) is 33.8 Å². The number of hydrogen-bond acceptors (Lipinski definition) is 6. The van der Waals surface area contributed by atoms with Crippen molar-refractivity contribution in [1.29, 1.82) is 0 Å². The van der Waals surface area contributed by atoms with E-state index in [9.17, 15) is 9.59 Å². The minimum Gasteiger partial charge on any atom is -0.302 e. The highest BCUT2D eigenvalue weighted by Crippen LogP contribution is 2.30. The van der Waals surface area contributed by atoms with Gasteiger partial charge in [-0.2, -0.15) is 0 Å². The number of rotatable bonds is 12. The maximum atomic E-state index is 12.3. The van der Waals surface area contributed by atoms with Crippen molar-refractivity contribution in [2.24, 2.45) is 0 Å². The van der Waals surface area contributed by atoms with Gasteiger partial charge in [0.05, 0.1) is 20.4 Å². The van der Waals surface area contributed by atoms with Crippen LogP contribution in [0.3, 0.4) is 0 Å². The van der Waals surface area contributed by atoms with E-state index >= 15 is 0 Å². The van der Waals surface area contributed by atoms with Gasteiger partial charge in [0.1, 0.15) is 0 Å². The lowest BCUT2D eigenvalue weighted by Crippen LogP contribution is -2.11. The lowest BCUT2D eigenvalue weighted by atomic mass is 10.0. The molecule has 0 spiro atoms. The molecule has 2 aromatic carbocycles. The monoisotopic (exact) mass is 536 g/mol. The van der Waals surface area contributed by atoms with Crippen LogP contribution in [0.15, 0.2) is 36.4 Å². The van der Waals surface area contributed by atoms with E-state index in [0.29, 0.717) is 34.9 Å². The summed E-state index contributed by atoms with van der Waals surface area (Å²) in [5, 5.41) is 7.23. The van der Waals surface area contributed by atoms with Gasteiger partial charge in [-0.05, 0) is 60.1 Å². The second-order valence-electron chi connectivity index (χ2n) is 10.2. The number of hydrogen-bond donors (Lipinski definition) is 2. The maximum Gasteiger partial charge on any atom is 0.226 e. The molecule has 0 saturated heterocycles. The van der Waals surface area contributed by atoms with Crippen molar-refractivity contribution in [2.75, 3.05) is 10.6 Å². The van der Waals surface area contributed by atoms with Gasteiger partial charge in [0, 0.05) is 12.8 Å². The molecule has 0 saturated carbocycles. The van der Waals surface area contributed by atoms with Crippen molar-refractivity contribution in [3.63, 3.8) is 0 Å². The maximum absolute atomic E-state index is 12.3. The van der Waals surface area contributed by atoms with Crippen LogP contribution < -0.4 is 10.6 Å². The Morgan fingerprint density at radius 3 is 1.49 bits per heavy atom. The summed E-state index contributed by atoms with van der Waals surface area (Å²) >= 11 is 3.06. The molecule has 0 atom stereocenters. The number of carbonyl (C=O) groups is 2. The van der Waals surface area contributed by atoms with Gasteiger partial charge in [-0.1, -0.05) is 81.8 Å². The van der Waals surface area contributed by atoms with Gasteiger partial charge in [0.15, 0.2) is 10.3 Å². The molecule has 0 aliphatic carbocycles. The summed E-state index contributed by atoms with van der Waals surface area (Å²) in [5.74, 6) is 0.962. The number of amides is 2. The zero-order chi connectivity index (χ0) is 26.4. The lowest BCUT2D eigenvalue weighted by molar-refractivity contribution is -0.117. The summed E-state index contributed by atoms with van der Waals surface area (Å²) in [6.07, 6.45) is 5.62. The van der Waals surface area contributed by atoms with Gasteiger partial charge >= 0.3 is 0 Å². The van der Waals surface area contributed by atoms with Gasteiger partial charge in [0.25, 0.3) is 0 Å². The van der Waals surface area contributed by atoms with E-state index < -0.39 is 0 Å². The van der Waals surface area contributed by atoms with Crippen LogP contribution >= 0.6 is 22.7 Å². The van der Waals surface area contributed by atoms with Crippen LogP contribution in [-0.2, 0) is 9.59 Å². The highest BCUT2D eigenvalue weighted by Gasteiger charge is 2.11. The predicted molar refractivity (Wildman–Crippen MR) is 157 cm³/mol. The zero-order valence-corrected chi connectivity index (χ0v) is 23.7. The van der Waals surface area contributed by atoms with E-state index in [1.807, 2.05) is 12.1 Å². The summed E-state index contributed by atoms with van der Waals surface area (Å²) in [6, 6.07) is 12.6. The molecule has 0 unspecified atom stereocenters. The summed E-state index contributed by atoms with van der Waals surface area (Å²) < 4.78 is 2.21. The summed E-state index contributed by atoms with van der Waals surface area (Å²) in [7, 11) is 0. The average molecular weight is 537 g/mol. The van der Waals surface area contributed by atoms with Crippen LogP contribution in [-0.4, -0.2) is 21.8 Å². The molecule has 2 heterocycles. The smallest absolute Gasteiger partial charge is 0.226 e. The fourth-order valence-electron chi connectivity index (χ4n) is 4.17. The first-order chi connectivity index (χ1) is 17.8. The molecule has 4 aromatic rings. The van der Waals surface area contributed by atoms with Crippen LogP contribution in [0.2, 0.25) is 0 Å². The van der Waals surface area contributed by atoms with Gasteiger partial charge in [-0.25, -0.2) is 9.97 Å². The summed E-state index contributed by atoms with van der Waals surface area (Å²) in [6.45, 7) is 8.69. The van der Waals surface area contributed by atoms with Crippen molar-refractivity contribution in [3.8, 4) is 0 Å². The fraction of sp³-hybridized carbons (Fsp3) is 0.448. The predicted octanol–water partition coefficient (Wildman–Crippen LogP) is 8.46. The summed E-state index contributed by atoms with van der Waals surface area (Å²) in [4.78, 5) is 33.7. The number of fused-ring (bicyclic) bond motifs is 2. The molecule has 2 N–H and O–H groups in total. The lowest BCUT2D eigenvalue weighted by Gasteiger charge is -2.03. The Balaban J connectivity index is 1.10. The molecule has 0 radical (unpaired) electrons. The number of nitrogens with one attached hydrogen (secondary N) is 2. The number of thiazole rings is 2. The molecule has 0 bridgehead atoms. The number of aromatic nitrogens is 2. The highest BCUT2D eigenvalue weighted by atomic mass is 32.1. The van der Waals surface area contributed by atoms with E-state index in [-0.39, 0.29) is 11.8 Å². The Morgan fingerprint density at radius 2 is 1.08 bits per heavy atom. The molecule has 0 aliphatic heterocycles. The Hall–Kier alpha value is -2.84. The Labute approximate surface area is 226 Å². The first kappa shape index (κ1) is 27.2. The number of benzene rings is 2. The van der Waals surface area contributed by atoms with Crippen LogP contribution in [0.25, 0.3) is 20.4 Å². The van der Waals surface area contributed by atoms with Gasteiger partial charge in [-0.15, -0.1) is 0 Å². The van der Waals surface area contributed by atoms with Gasteiger partial charge in [-0.3, -0.25) is 9.59 Å². The first-order valence-corrected chi connectivity index (χ1v) is 14.8. The molecular weight excluding hydrogens is 500 g/mol. The van der Waals surface area contributed by atoms with Gasteiger partial charge in [0.2, 0.25) is 11.8 Å². The van der Waals surface area contributed by atoms with Crippen LogP contribution in [0.4, 0.5) is 10.3 Å². The minimum atomic E-state index is 0.0128. The molecule has 8 heteroatoms. The SMILES string of the molecule is CC(C)c1ccc2nc(NC(=O)CCCCCCCC(=O)Nc3nc4ccc(C(C)C)cc4s3)sc2c1. The number of unbranched alkanes of at least 4 members (excludes halogenated alkanes) is 4. The Bertz CT molecular complexity index is 1270. The van der Waals surface area contributed by atoms with E-state index in [4.69, 9.17) is 0 Å². The van der Waals surface area contributed by atoms with Crippen LogP contribution in [0, 0.1) is 0 Å². The topological polar surface area (TPSA) is 84.0 Å². The molecule has 37 heavy (non-hydrogen) atoms. The quantitative estimate of drug-likeness (QED) is 0.178. The summed E-state index contributed by atoms with van der Waals surface area (Å²) in [5.41, 5.74) is 4.42. The van der Waals surface area contributed by atoms with Crippen LogP contribution in [0.1, 0.15) is 95.6 Å². The third-order valence-corrected chi connectivity index (χ3v) is 8.33. The zero-order valence-electron chi connectivity index (χ0n) is 22.1. The van der Waals surface area contributed by atoms with Crippen molar-refractivity contribution in [1.82, 2.24) is 9.97 Å². The van der Waals surface area contributed by atoms with E-state index in [0.717, 1.165) is 52.5 Å². The molecule has 2 amide bonds.